The smallest absolute Gasteiger partial charge is 0.289 e. The van der Waals surface area contributed by atoms with Crippen LogP contribution in [-0.4, -0.2) is 52.4 Å². The van der Waals surface area contributed by atoms with Crippen LogP contribution < -0.4 is 5.32 Å². The minimum Gasteiger partial charge on any atom is -0.383 e. The number of benzene rings is 3. The van der Waals surface area contributed by atoms with Gasteiger partial charge in [-0.05, 0) is 37.3 Å². The number of non-ortho nitro benzene ring substituents is 1. The molecule has 5 aromatic rings. The van der Waals surface area contributed by atoms with Gasteiger partial charge >= 0.3 is 0 Å². The van der Waals surface area contributed by atoms with Gasteiger partial charge in [0.25, 0.3) is 17.3 Å². The van der Waals surface area contributed by atoms with E-state index in [1.54, 1.807) is 43.3 Å². The second-order valence-corrected chi connectivity index (χ2v) is 11.1. The van der Waals surface area contributed by atoms with Gasteiger partial charge < -0.3 is 14.6 Å². The molecule has 0 bridgehead atoms. The van der Waals surface area contributed by atoms with Crippen molar-refractivity contribution >= 4 is 55.1 Å². The molecular weight excluding hydrogens is 568 g/mol. The Morgan fingerprint density at radius 2 is 1.64 bits per heavy atom. The molecule has 1 N–H and O–H groups in total. The number of nitrogens with zero attached hydrogens (tertiary/aromatic N) is 5. The fourth-order valence-electron chi connectivity index (χ4n) is 4.44. The van der Waals surface area contributed by atoms with Crippen LogP contribution in [0.1, 0.15) is 15.9 Å². The van der Waals surface area contributed by atoms with E-state index in [1.165, 1.54) is 23.8 Å². The summed E-state index contributed by atoms with van der Waals surface area (Å²) < 4.78 is 35.0. The fraction of sp³-hybridized carbons (Fsp3) is 0.148. The second-order valence-electron chi connectivity index (χ2n) is 9.19. The van der Waals surface area contributed by atoms with Gasteiger partial charge in [-0.3, -0.25) is 25.0 Å². The number of sulfone groups is 1. The summed E-state index contributed by atoms with van der Waals surface area (Å²) in [6.07, 6.45) is 0. The Labute approximate surface area is 237 Å². The number of carbonyl (C=O) groups is 1. The van der Waals surface area contributed by atoms with Crippen LogP contribution >= 0.6 is 0 Å². The summed E-state index contributed by atoms with van der Waals surface area (Å²) in [5.74, 6) is -1.31. The van der Waals surface area contributed by atoms with Gasteiger partial charge in [-0.2, -0.15) is 0 Å². The molecule has 0 atom stereocenters. The molecule has 3 aromatic carbocycles. The number of nitrogens with one attached hydrogen (secondary N) is 1. The summed E-state index contributed by atoms with van der Waals surface area (Å²) in [6.45, 7) is 1.91. The van der Waals surface area contributed by atoms with Crippen molar-refractivity contribution < 1.29 is 27.8 Å². The zero-order chi connectivity index (χ0) is 30.2. The van der Waals surface area contributed by atoms with E-state index in [4.69, 9.17) is 4.74 Å². The van der Waals surface area contributed by atoms with E-state index in [9.17, 15) is 33.4 Å². The molecule has 0 aliphatic heterocycles. The molecule has 214 valence electrons. The Morgan fingerprint density at radius 1 is 0.976 bits per heavy atom. The number of anilines is 1. The fourth-order valence-corrected chi connectivity index (χ4v) is 5.98. The van der Waals surface area contributed by atoms with Crippen molar-refractivity contribution in [3.63, 3.8) is 0 Å². The van der Waals surface area contributed by atoms with Crippen LogP contribution in [0.5, 0.6) is 0 Å². The minimum atomic E-state index is -4.36. The van der Waals surface area contributed by atoms with E-state index in [2.05, 4.69) is 15.3 Å². The van der Waals surface area contributed by atoms with Crippen molar-refractivity contribution in [1.29, 1.82) is 0 Å². The molecule has 0 spiro atoms. The van der Waals surface area contributed by atoms with Crippen LogP contribution in [-0.2, 0) is 21.1 Å². The first kappa shape index (κ1) is 28.3. The quantitative estimate of drug-likeness (QED) is 0.190. The van der Waals surface area contributed by atoms with Crippen molar-refractivity contribution in [2.75, 3.05) is 19.0 Å². The lowest BCUT2D eigenvalue weighted by Gasteiger charge is -2.13. The first-order valence-electron chi connectivity index (χ1n) is 12.4. The monoisotopic (exact) mass is 590 g/mol. The first-order chi connectivity index (χ1) is 20.0. The lowest BCUT2D eigenvalue weighted by atomic mass is 10.1. The van der Waals surface area contributed by atoms with E-state index < -0.39 is 42.5 Å². The van der Waals surface area contributed by atoms with Gasteiger partial charge in [-0.25, -0.2) is 18.4 Å². The largest absolute Gasteiger partial charge is 0.383 e. The summed E-state index contributed by atoms with van der Waals surface area (Å²) in [6, 6.07) is 15.4. The lowest BCUT2D eigenvalue weighted by Crippen LogP contribution is -2.20. The van der Waals surface area contributed by atoms with Crippen LogP contribution in [0, 0.1) is 27.2 Å². The molecule has 15 heteroatoms. The number of fused-ring (bicyclic) bond motifs is 2. The topological polar surface area (TPSA) is 189 Å². The van der Waals surface area contributed by atoms with Crippen molar-refractivity contribution in [2.24, 2.45) is 0 Å². The number of rotatable bonds is 9. The number of ether oxygens (including phenoxy) is 1. The Kier molecular flexibility index (Phi) is 7.36. The number of nitro benzene ring substituents is 2. The number of aryl methyl sites for hydroxylation is 1. The molecule has 1 amide bonds. The molecule has 5 rings (SSSR count). The summed E-state index contributed by atoms with van der Waals surface area (Å²) in [4.78, 5) is 43.5. The summed E-state index contributed by atoms with van der Waals surface area (Å²) in [7, 11) is -2.92. The molecule has 0 saturated heterocycles. The van der Waals surface area contributed by atoms with E-state index in [1.807, 2.05) is 0 Å². The third-order valence-electron chi connectivity index (χ3n) is 6.49. The lowest BCUT2D eigenvalue weighted by molar-refractivity contribution is -0.394. The van der Waals surface area contributed by atoms with Crippen LogP contribution in [0.25, 0.3) is 22.2 Å². The van der Waals surface area contributed by atoms with E-state index in [-0.39, 0.29) is 39.9 Å². The minimum absolute atomic E-state index is 0.0288. The van der Waals surface area contributed by atoms with Crippen molar-refractivity contribution in [3.8, 4) is 0 Å². The second kappa shape index (κ2) is 10.9. The number of para-hydroxylation sites is 2. The first-order valence-corrected chi connectivity index (χ1v) is 13.8. The van der Waals surface area contributed by atoms with Gasteiger partial charge in [0.1, 0.15) is 21.8 Å². The van der Waals surface area contributed by atoms with Crippen molar-refractivity contribution in [2.45, 2.75) is 23.3 Å². The predicted octanol–water partition coefficient (Wildman–Crippen LogP) is 4.44. The maximum atomic E-state index is 14.2. The predicted molar refractivity (Wildman–Crippen MR) is 151 cm³/mol. The highest BCUT2D eigenvalue weighted by atomic mass is 32.2. The number of hydrogen-bond acceptors (Lipinski definition) is 10. The number of methoxy groups -OCH3 is 1. The molecule has 0 radical (unpaired) electrons. The molecule has 0 saturated carbocycles. The van der Waals surface area contributed by atoms with Gasteiger partial charge in [0.2, 0.25) is 9.84 Å². The Morgan fingerprint density at radius 3 is 2.26 bits per heavy atom. The number of carbonyl (C=O) groups excluding carboxylic acids is 1. The zero-order valence-electron chi connectivity index (χ0n) is 22.2. The molecule has 2 heterocycles. The molecule has 0 aliphatic rings. The van der Waals surface area contributed by atoms with Gasteiger partial charge in [-0.15, -0.1) is 0 Å². The third-order valence-corrected chi connectivity index (χ3v) is 8.31. The normalized spacial score (nSPS) is 11.6. The molecule has 0 aliphatic carbocycles. The summed E-state index contributed by atoms with van der Waals surface area (Å²) in [5.41, 5.74) is -0.146. The van der Waals surface area contributed by atoms with Gasteiger partial charge in [0, 0.05) is 19.7 Å². The van der Waals surface area contributed by atoms with E-state index in [0.717, 1.165) is 17.7 Å². The Hall–Kier alpha value is -5.28. The summed E-state index contributed by atoms with van der Waals surface area (Å²) in [5, 5.41) is 25.4. The molecular formula is C27H22N6O8S. The van der Waals surface area contributed by atoms with Gasteiger partial charge in [-0.1, -0.05) is 29.8 Å². The molecule has 14 nitrogen and oxygen atoms in total. The molecule has 0 fully saturated rings. The SMILES string of the molecule is COCCn1c(NC(=O)c2ccc([N+](=O)[O-])cc2[N+](=O)[O-])c(S(=O)(=O)c2ccc(C)cc2)c2nc3ccccc3nc21. The van der Waals surface area contributed by atoms with E-state index >= 15 is 0 Å². The average Bonchev–Trinajstić information content (AvgIpc) is 3.26. The van der Waals surface area contributed by atoms with Gasteiger partial charge in [0.05, 0.1) is 38.4 Å². The maximum absolute atomic E-state index is 14.2. The Bertz CT molecular complexity index is 2010. The van der Waals surface area contributed by atoms with Gasteiger partial charge in [0.15, 0.2) is 5.65 Å². The van der Waals surface area contributed by atoms with E-state index in [0.29, 0.717) is 17.1 Å². The third kappa shape index (κ3) is 5.02. The highest BCUT2D eigenvalue weighted by Crippen LogP contribution is 2.38. The zero-order valence-corrected chi connectivity index (χ0v) is 23.0. The highest BCUT2D eigenvalue weighted by Gasteiger charge is 2.34. The molecule has 42 heavy (non-hydrogen) atoms. The number of nitro groups is 2. The highest BCUT2D eigenvalue weighted by molar-refractivity contribution is 7.92. The number of hydrogen-bond donors (Lipinski definition) is 1. The average molecular weight is 591 g/mol. The number of aromatic nitrogens is 3. The molecule has 0 unspecified atom stereocenters. The summed E-state index contributed by atoms with van der Waals surface area (Å²) >= 11 is 0. The Balaban J connectivity index is 1.80. The van der Waals surface area contributed by atoms with Crippen LogP contribution in [0.2, 0.25) is 0 Å². The van der Waals surface area contributed by atoms with Crippen molar-refractivity contribution in [3.05, 3.63) is 98.1 Å². The standard InChI is InChI=1S/C27H22N6O8S/c1-16-7-10-18(11-8-16)42(39,40)24-23-25(29-21-6-4-3-5-20(21)28-23)31(13-14-41-2)26(24)30-27(34)19-12-9-17(32(35)36)15-22(19)33(37)38/h3-12,15H,13-14H2,1-2H3,(H,30,34). The van der Waals surface area contributed by atoms with Crippen LogP contribution in [0.3, 0.4) is 0 Å². The number of amides is 1. The van der Waals surface area contributed by atoms with Crippen LogP contribution in [0.4, 0.5) is 17.2 Å². The van der Waals surface area contributed by atoms with Crippen molar-refractivity contribution in [1.82, 2.24) is 14.5 Å². The molecule has 2 aromatic heterocycles. The van der Waals surface area contributed by atoms with Crippen LogP contribution in [0.15, 0.2) is 76.5 Å². The maximum Gasteiger partial charge on any atom is 0.289 e.